The molecule has 0 saturated heterocycles. The quantitative estimate of drug-likeness (QED) is 0.943. The molecule has 1 heterocycles. The first kappa shape index (κ1) is 15.0. The second kappa shape index (κ2) is 6.48. The van der Waals surface area contributed by atoms with Crippen molar-refractivity contribution in [1.29, 1.82) is 0 Å². The van der Waals surface area contributed by atoms with Crippen LogP contribution in [0, 0.1) is 0 Å². The summed E-state index contributed by atoms with van der Waals surface area (Å²) in [7, 11) is 1.71. The summed E-state index contributed by atoms with van der Waals surface area (Å²) in [5, 5.41) is 3.17. The first-order valence-corrected chi connectivity index (χ1v) is 8.48. The lowest BCUT2D eigenvalue weighted by atomic mass is 9.87. The number of fused-ring (bicyclic) bond motifs is 1. The van der Waals surface area contributed by atoms with Crippen LogP contribution in [0.5, 0.6) is 5.75 Å². The van der Waals surface area contributed by atoms with E-state index in [0.29, 0.717) is 0 Å². The Morgan fingerprint density at radius 3 is 3.14 bits per heavy atom. The minimum absolute atomic E-state index is 0.00990. The summed E-state index contributed by atoms with van der Waals surface area (Å²) in [4.78, 5) is 17.4. The molecule has 2 aromatic rings. The maximum Gasteiger partial charge on any atom is 0.263 e. The molecule has 1 amide bonds. The number of carbonyl (C=O) groups excluding carboxylic acids is 1. The minimum atomic E-state index is 0.00990. The fourth-order valence-electron chi connectivity index (χ4n) is 3.04. The van der Waals surface area contributed by atoms with Crippen molar-refractivity contribution < 1.29 is 9.53 Å². The molecular formula is C17H20N2O2S. The molecule has 1 N–H and O–H groups in total. The fraction of sp³-hybridized carbons (Fsp3) is 0.412. The highest BCUT2D eigenvalue weighted by atomic mass is 32.1. The Labute approximate surface area is 134 Å². The third kappa shape index (κ3) is 2.86. The van der Waals surface area contributed by atoms with E-state index in [1.165, 1.54) is 22.5 Å². The van der Waals surface area contributed by atoms with Crippen LogP contribution in [0.15, 0.2) is 23.7 Å². The molecule has 1 aromatic carbocycles. The first-order chi connectivity index (χ1) is 10.7. The molecule has 0 radical (unpaired) electrons. The van der Waals surface area contributed by atoms with E-state index in [1.807, 2.05) is 19.1 Å². The van der Waals surface area contributed by atoms with Crippen molar-refractivity contribution in [2.24, 2.45) is 0 Å². The molecule has 0 saturated carbocycles. The van der Waals surface area contributed by atoms with E-state index in [4.69, 9.17) is 4.74 Å². The third-order valence-corrected chi connectivity index (χ3v) is 5.04. The smallest absolute Gasteiger partial charge is 0.263 e. The van der Waals surface area contributed by atoms with Crippen LogP contribution in [0.3, 0.4) is 0 Å². The number of amides is 1. The number of hydrogen-bond acceptors (Lipinski definition) is 4. The van der Waals surface area contributed by atoms with Gasteiger partial charge in [0.15, 0.2) is 0 Å². The highest BCUT2D eigenvalue weighted by molar-refractivity contribution is 7.11. The maximum atomic E-state index is 12.4. The number of rotatable bonds is 4. The molecule has 116 valence electrons. The number of aryl methyl sites for hydroxylation is 1. The van der Waals surface area contributed by atoms with Crippen LogP contribution in [0.2, 0.25) is 0 Å². The Kier molecular flexibility index (Phi) is 4.43. The monoisotopic (exact) mass is 316 g/mol. The van der Waals surface area contributed by atoms with Gasteiger partial charge in [0.25, 0.3) is 5.91 Å². The molecule has 1 aliphatic carbocycles. The zero-order chi connectivity index (χ0) is 15.5. The summed E-state index contributed by atoms with van der Waals surface area (Å²) in [5.41, 5.74) is 5.19. The van der Waals surface area contributed by atoms with Gasteiger partial charge in [-0.25, -0.2) is 4.98 Å². The molecule has 4 nitrogen and oxygen atoms in total. The van der Waals surface area contributed by atoms with Crippen LogP contribution in [-0.2, 0) is 19.3 Å². The lowest BCUT2D eigenvalue weighted by Gasteiger charge is -2.26. The van der Waals surface area contributed by atoms with Gasteiger partial charge >= 0.3 is 0 Å². The third-order valence-electron chi connectivity index (χ3n) is 4.18. The first-order valence-electron chi connectivity index (χ1n) is 7.61. The molecule has 5 heteroatoms. The number of ether oxygens (including phenoxy) is 1. The second-order valence-corrected chi connectivity index (χ2v) is 6.35. The highest BCUT2D eigenvalue weighted by Crippen LogP contribution is 2.29. The fourth-order valence-corrected chi connectivity index (χ4v) is 3.83. The Bertz CT molecular complexity index is 681. The average molecular weight is 316 g/mol. The number of thiazole rings is 1. The summed E-state index contributed by atoms with van der Waals surface area (Å²) in [6.45, 7) is 2.02. The van der Waals surface area contributed by atoms with E-state index in [2.05, 4.69) is 16.4 Å². The SMILES string of the molecule is CCc1ncsc1C(=O)NC1CCc2c(cccc2OC)C1. The van der Waals surface area contributed by atoms with Gasteiger partial charge in [0.1, 0.15) is 10.6 Å². The molecule has 0 spiro atoms. The van der Waals surface area contributed by atoms with E-state index in [0.717, 1.165) is 42.0 Å². The van der Waals surface area contributed by atoms with Crippen molar-refractivity contribution in [3.8, 4) is 5.75 Å². The van der Waals surface area contributed by atoms with E-state index in [1.54, 1.807) is 12.6 Å². The minimum Gasteiger partial charge on any atom is -0.496 e. The van der Waals surface area contributed by atoms with E-state index >= 15 is 0 Å². The van der Waals surface area contributed by atoms with Gasteiger partial charge in [-0.2, -0.15) is 0 Å². The van der Waals surface area contributed by atoms with Crippen molar-refractivity contribution >= 4 is 17.2 Å². The summed E-state index contributed by atoms with van der Waals surface area (Å²) in [6.07, 6.45) is 3.53. The Hall–Kier alpha value is -1.88. The standard InChI is InChI=1S/C17H20N2O2S/c1-3-14-16(22-10-18-14)17(20)19-12-7-8-13-11(9-12)5-4-6-15(13)21-2/h4-6,10,12H,3,7-9H2,1-2H3,(H,19,20). The zero-order valence-corrected chi connectivity index (χ0v) is 13.7. The summed E-state index contributed by atoms with van der Waals surface area (Å²) >= 11 is 1.42. The molecule has 3 rings (SSSR count). The van der Waals surface area contributed by atoms with Gasteiger partial charge in [0.05, 0.1) is 18.3 Å². The topological polar surface area (TPSA) is 51.2 Å². The second-order valence-electron chi connectivity index (χ2n) is 5.49. The number of carbonyl (C=O) groups is 1. The van der Waals surface area contributed by atoms with Crippen LogP contribution >= 0.6 is 11.3 Å². The predicted molar refractivity (Wildman–Crippen MR) is 87.8 cm³/mol. The number of hydrogen-bond donors (Lipinski definition) is 1. The van der Waals surface area contributed by atoms with Crippen LogP contribution in [0.4, 0.5) is 0 Å². The van der Waals surface area contributed by atoms with Crippen molar-refractivity contribution in [1.82, 2.24) is 10.3 Å². The molecule has 22 heavy (non-hydrogen) atoms. The number of aromatic nitrogens is 1. The van der Waals surface area contributed by atoms with Gasteiger partial charge in [-0.3, -0.25) is 4.79 Å². The van der Waals surface area contributed by atoms with Gasteiger partial charge in [0.2, 0.25) is 0 Å². The number of nitrogens with zero attached hydrogens (tertiary/aromatic N) is 1. The molecule has 0 aliphatic heterocycles. The predicted octanol–water partition coefficient (Wildman–Crippen LogP) is 3.00. The average Bonchev–Trinajstić information content (AvgIpc) is 3.02. The molecular weight excluding hydrogens is 296 g/mol. The van der Waals surface area contributed by atoms with Gasteiger partial charge < -0.3 is 10.1 Å². The largest absolute Gasteiger partial charge is 0.496 e. The van der Waals surface area contributed by atoms with Gasteiger partial charge in [-0.05, 0) is 42.9 Å². The molecule has 1 unspecified atom stereocenters. The van der Waals surface area contributed by atoms with Gasteiger partial charge in [0, 0.05) is 6.04 Å². The van der Waals surface area contributed by atoms with Crippen molar-refractivity contribution in [2.75, 3.05) is 7.11 Å². The Morgan fingerprint density at radius 1 is 1.50 bits per heavy atom. The van der Waals surface area contributed by atoms with Crippen LogP contribution in [0.25, 0.3) is 0 Å². The Morgan fingerprint density at radius 2 is 2.36 bits per heavy atom. The molecule has 1 aromatic heterocycles. The van der Waals surface area contributed by atoms with Crippen molar-refractivity contribution in [3.05, 3.63) is 45.4 Å². The number of benzene rings is 1. The Balaban J connectivity index is 1.72. The zero-order valence-electron chi connectivity index (χ0n) is 12.9. The van der Waals surface area contributed by atoms with Crippen molar-refractivity contribution in [3.63, 3.8) is 0 Å². The molecule has 1 atom stereocenters. The van der Waals surface area contributed by atoms with Gasteiger partial charge in [-0.15, -0.1) is 11.3 Å². The van der Waals surface area contributed by atoms with E-state index < -0.39 is 0 Å². The van der Waals surface area contributed by atoms with E-state index in [-0.39, 0.29) is 11.9 Å². The molecule has 1 aliphatic rings. The van der Waals surface area contributed by atoms with Crippen LogP contribution in [0.1, 0.15) is 39.8 Å². The van der Waals surface area contributed by atoms with Gasteiger partial charge in [-0.1, -0.05) is 19.1 Å². The lowest BCUT2D eigenvalue weighted by molar-refractivity contribution is 0.0936. The van der Waals surface area contributed by atoms with Crippen molar-refractivity contribution in [2.45, 2.75) is 38.6 Å². The van der Waals surface area contributed by atoms with Crippen LogP contribution < -0.4 is 10.1 Å². The lowest BCUT2D eigenvalue weighted by Crippen LogP contribution is -2.38. The normalized spacial score (nSPS) is 16.9. The molecule has 0 bridgehead atoms. The summed E-state index contributed by atoms with van der Waals surface area (Å²) < 4.78 is 5.42. The van der Waals surface area contributed by atoms with E-state index in [9.17, 15) is 4.79 Å². The highest BCUT2D eigenvalue weighted by Gasteiger charge is 2.24. The maximum absolute atomic E-state index is 12.4. The summed E-state index contributed by atoms with van der Waals surface area (Å²) in [6, 6.07) is 6.32. The summed E-state index contributed by atoms with van der Waals surface area (Å²) in [5.74, 6) is 0.966. The number of nitrogens with one attached hydrogen (secondary N) is 1. The van der Waals surface area contributed by atoms with Crippen LogP contribution in [-0.4, -0.2) is 24.0 Å². The molecule has 0 fully saturated rings. The number of methoxy groups -OCH3 is 1.